The van der Waals surface area contributed by atoms with Gasteiger partial charge < -0.3 is 15.2 Å². The molecule has 0 aromatic heterocycles. The molecule has 2 aromatic rings. The minimum Gasteiger partial charge on any atom is -0.494 e. The van der Waals surface area contributed by atoms with Crippen LogP contribution in [0.3, 0.4) is 0 Å². The monoisotopic (exact) mass is 396 g/mol. The summed E-state index contributed by atoms with van der Waals surface area (Å²) in [6.07, 6.45) is 0.357. The molecular weight excluding hydrogens is 384 g/mol. The Morgan fingerprint density at radius 1 is 1.35 bits per heavy atom. The summed E-state index contributed by atoms with van der Waals surface area (Å²) < 4.78 is 7.82. The van der Waals surface area contributed by atoms with E-state index in [1.165, 1.54) is 17.6 Å². The Morgan fingerprint density at radius 2 is 2.04 bits per heavy atom. The Morgan fingerprint density at radius 3 is 2.65 bits per heavy atom. The minimum absolute atomic E-state index is 0.171. The molecule has 2 N–H and O–H groups in total. The van der Waals surface area contributed by atoms with Crippen LogP contribution >= 0.6 is 27.7 Å². The molecule has 120 valence electrons. The van der Waals surface area contributed by atoms with E-state index in [0.717, 1.165) is 10.0 Å². The SMILES string of the molecule is COc1ccc(C(=O)O)c2c1N(Cl)C(Cc1ccc(Br)cc1)N2. The van der Waals surface area contributed by atoms with E-state index >= 15 is 0 Å². The van der Waals surface area contributed by atoms with Gasteiger partial charge in [0.2, 0.25) is 0 Å². The molecule has 0 radical (unpaired) electrons. The molecule has 1 unspecified atom stereocenters. The van der Waals surface area contributed by atoms with Gasteiger partial charge in [-0.25, -0.2) is 4.79 Å². The number of hydrogen-bond donors (Lipinski definition) is 2. The van der Waals surface area contributed by atoms with Crippen molar-refractivity contribution in [2.45, 2.75) is 12.6 Å². The summed E-state index contributed by atoms with van der Waals surface area (Å²) in [5.41, 5.74) is 2.29. The van der Waals surface area contributed by atoms with Crippen LogP contribution < -0.4 is 14.5 Å². The minimum atomic E-state index is -1.01. The molecule has 3 rings (SSSR count). The van der Waals surface area contributed by atoms with Crippen molar-refractivity contribution in [1.29, 1.82) is 0 Å². The van der Waals surface area contributed by atoms with E-state index < -0.39 is 5.97 Å². The van der Waals surface area contributed by atoms with E-state index in [2.05, 4.69) is 21.2 Å². The van der Waals surface area contributed by atoms with Crippen LogP contribution in [0.25, 0.3) is 0 Å². The number of methoxy groups -OCH3 is 1. The number of anilines is 2. The Hall–Kier alpha value is -1.92. The zero-order valence-corrected chi connectivity index (χ0v) is 14.6. The number of fused-ring (bicyclic) bond motifs is 1. The van der Waals surface area contributed by atoms with Crippen LogP contribution in [0.15, 0.2) is 40.9 Å². The van der Waals surface area contributed by atoms with Crippen molar-refractivity contribution in [2.75, 3.05) is 16.8 Å². The number of hydrogen-bond acceptors (Lipinski definition) is 4. The lowest BCUT2D eigenvalue weighted by atomic mass is 10.1. The van der Waals surface area contributed by atoms with E-state index in [4.69, 9.17) is 16.5 Å². The Bertz CT molecular complexity index is 752. The highest BCUT2D eigenvalue weighted by Gasteiger charge is 2.34. The lowest BCUT2D eigenvalue weighted by molar-refractivity contribution is 0.0698. The van der Waals surface area contributed by atoms with Crippen LogP contribution in [0, 0.1) is 0 Å². The molecule has 1 aliphatic rings. The van der Waals surface area contributed by atoms with Gasteiger partial charge in [-0.1, -0.05) is 28.1 Å². The molecule has 1 aliphatic heterocycles. The van der Waals surface area contributed by atoms with Crippen molar-refractivity contribution in [3.8, 4) is 5.75 Å². The molecule has 2 aromatic carbocycles. The van der Waals surface area contributed by atoms with Gasteiger partial charge in [0.15, 0.2) is 0 Å². The first-order chi connectivity index (χ1) is 11.0. The molecule has 0 spiro atoms. The summed E-state index contributed by atoms with van der Waals surface area (Å²) in [4.78, 5) is 11.4. The van der Waals surface area contributed by atoms with Crippen molar-refractivity contribution < 1.29 is 14.6 Å². The zero-order valence-electron chi connectivity index (χ0n) is 12.2. The number of carboxylic acid groups (broad SMARTS) is 1. The predicted octanol–water partition coefficient (Wildman–Crippen LogP) is 4.11. The van der Waals surface area contributed by atoms with E-state index in [-0.39, 0.29) is 11.7 Å². The van der Waals surface area contributed by atoms with Gasteiger partial charge in [-0.15, -0.1) is 0 Å². The second-order valence-electron chi connectivity index (χ2n) is 5.15. The topological polar surface area (TPSA) is 61.8 Å². The number of carboxylic acids is 1. The van der Waals surface area contributed by atoms with Gasteiger partial charge in [0.1, 0.15) is 17.6 Å². The van der Waals surface area contributed by atoms with Crippen molar-refractivity contribution >= 4 is 45.1 Å². The normalized spacial score (nSPS) is 16.0. The Balaban J connectivity index is 1.94. The van der Waals surface area contributed by atoms with Crippen molar-refractivity contribution in [2.24, 2.45) is 0 Å². The number of carbonyl (C=O) groups is 1. The highest BCUT2D eigenvalue weighted by Crippen LogP contribution is 2.46. The molecule has 0 bridgehead atoms. The second kappa shape index (κ2) is 6.29. The first kappa shape index (κ1) is 16.0. The van der Waals surface area contributed by atoms with Gasteiger partial charge in [0, 0.05) is 22.7 Å². The van der Waals surface area contributed by atoms with Gasteiger partial charge >= 0.3 is 5.97 Å². The number of nitrogens with zero attached hydrogens (tertiary/aromatic N) is 1. The lowest BCUT2D eigenvalue weighted by Gasteiger charge is -2.20. The number of benzene rings is 2. The number of rotatable bonds is 4. The number of nitrogens with one attached hydrogen (secondary N) is 1. The maximum absolute atomic E-state index is 11.4. The summed E-state index contributed by atoms with van der Waals surface area (Å²) in [5.74, 6) is -0.475. The fourth-order valence-electron chi connectivity index (χ4n) is 2.63. The standard InChI is InChI=1S/C16H14BrClN2O3/c1-23-12-7-6-11(16(21)22)14-15(12)20(18)13(19-14)8-9-2-4-10(17)5-3-9/h2-7,13,19H,8H2,1H3,(H,21,22). The predicted molar refractivity (Wildman–Crippen MR) is 93.5 cm³/mol. The smallest absolute Gasteiger partial charge is 0.337 e. The van der Waals surface area contributed by atoms with Gasteiger partial charge in [0.05, 0.1) is 18.4 Å². The Kier molecular flexibility index (Phi) is 4.37. The van der Waals surface area contributed by atoms with E-state index in [1.807, 2.05) is 24.3 Å². The van der Waals surface area contributed by atoms with Crippen molar-refractivity contribution in [3.05, 3.63) is 52.0 Å². The van der Waals surface area contributed by atoms with Crippen molar-refractivity contribution in [3.63, 3.8) is 0 Å². The van der Waals surface area contributed by atoms with Crippen LogP contribution in [0.1, 0.15) is 15.9 Å². The first-order valence-corrected chi connectivity index (χ1v) is 8.04. The molecule has 0 fully saturated rings. The molecule has 5 nitrogen and oxygen atoms in total. The zero-order chi connectivity index (χ0) is 16.6. The maximum Gasteiger partial charge on any atom is 0.337 e. The first-order valence-electron chi connectivity index (χ1n) is 6.91. The summed E-state index contributed by atoms with van der Waals surface area (Å²) in [6.45, 7) is 0. The van der Waals surface area contributed by atoms with Crippen LogP contribution in [-0.4, -0.2) is 24.4 Å². The second-order valence-corrected chi connectivity index (χ2v) is 6.43. The summed E-state index contributed by atoms with van der Waals surface area (Å²) in [7, 11) is 1.53. The molecule has 7 heteroatoms. The highest BCUT2D eigenvalue weighted by atomic mass is 79.9. The van der Waals surface area contributed by atoms with E-state index in [9.17, 15) is 9.90 Å². The summed E-state index contributed by atoms with van der Waals surface area (Å²) in [5, 5.41) is 12.6. The van der Waals surface area contributed by atoms with Crippen LogP contribution in [0.5, 0.6) is 5.75 Å². The molecule has 0 saturated carbocycles. The fraction of sp³-hybridized carbons (Fsp3) is 0.188. The third kappa shape index (κ3) is 2.96. The highest BCUT2D eigenvalue weighted by molar-refractivity contribution is 9.10. The summed E-state index contributed by atoms with van der Waals surface area (Å²) in [6, 6.07) is 11.0. The average molecular weight is 398 g/mol. The third-order valence-corrected chi connectivity index (χ3v) is 4.67. The average Bonchev–Trinajstić information content (AvgIpc) is 2.85. The molecule has 0 saturated heterocycles. The largest absolute Gasteiger partial charge is 0.494 e. The van der Waals surface area contributed by atoms with Gasteiger partial charge in [-0.2, -0.15) is 0 Å². The molecule has 23 heavy (non-hydrogen) atoms. The fourth-order valence-corrected chi connectivity index (χ4v) is 3.18. The van der Waals surface area contributed by atoms with E-state index in [1.54, 1.807) is 6.07 Å². The molecule has 1 atom stereocenters. The number of aromatic carboxylic acids is 1. The maximum atomic E-state index is 11.4. The molecule has 0 amide bonds. The number of ether oxygens (including phenoxy) is 1. The van der Waals surface area contributed by atoms with Crippen LogP contribution in [0.2, 0.25) is 0 Å². The third-order valence-electron chi connectivity index (χ3n) is 3.73. The van der Waals surface area contributed by atoms with Gasteiger partial charge in [0.25, 0.3) is 0 Å². The van der Waals surface area contributed by atoms with Gasteiger partial charge in [-0.3, -0.25) is 4.42 Å². The quantitative estimate of drug-likeness (QED) is 0.760. The van der Waals surface area contributed by atoms with Crippen LogP contribution in [0.4, 0.5) is 11.4 Å². The van der Waals surface area contributed by atoms with Gasteiger partial charge in [-0.05, 0) is 29.8 Å². The van der Waals surface area contributed by atoms with Crippen molar-refractivity contribution in [1.82, 2.24) is 0 Å². The molecular formula is C16H14BrClN2O3. The summed E-state index contributed by atoms with van der Waals surface area (Å²) >= 11 is 9.84. The number of halogens is 2. The van der Waals surface area contributed by atoms with E-state index in [0.29, 0.717) is 23.5 Å². The molecule has 0 aliphatic carbocycles. The molecule has 1 heterocycles. The lowest BCUT2D eigenvalue weighted by Crippen LogP contribution is -2.30. The van der Waals surface area contributed by atoms with Crippen LogP contribution in [-0.2, 0) is 6.42 Å². The Labute approximate surface area is 147 Å².